The van der Waals surface area contributed by atoms with Gasteiger partial charge < -0.3 is 5.11 Å². The maximum absolute atomic E-state index is 10.5. The number of thiophene rings is 1. The van der Waals surface area contributed by atoms with Crippen molar-refractivity contribution in [2.24, 2.45) is 0 Å². The lowest BCUT2D eigenvalue weighted by Crippen LogP contribution is -2.07. The fourth-order valence-corrected chi connectivity index (χ4v) is 3.10. The van der Waals surface area contributed by atoms with Crippen LogP contribution in [0.5, 0.6) is 0 Å². The molecule has 0 fully saturated rings. The van der Waals surface area contributed by atoms with Gasteiger partial charge in [-0.15, -0.1) is 11.3 Å². The minimum absolute atomic E-state index is 0.582. The van der Waals surface area contributed by atoms with Crippen LogP contribution in [0.15, 0.2) is 54.0 Å². The normalized spacial score (nSPS) is 12.5. The third-order valence-corrected chi connectivity index (χ3v) is 4.26. The monoisotopic (exact) mass is 290 g/mol. The molecule has 0 radical (unpaired) electrons. The minimum atomic E-state index is -0.768. The molecule has 0 saturated carbocycles. The number of benzene rings is 1. The smallest absolute Gasteiger partial charge is 0.132 e. The minimum Gasteiger partial charge on any atom is -0.381 e. The highest BCUT2D eigenvalue weighted by molar-refractivity contribution is 7.10. The number of aliphatic hydroxyl groups is 1. The summed E-state index contributed by atoms with van der Waals surface area (Å²) in [4.78, 5) is 0.736. The summed E-state index contributed by atoms with van der Waals surface area (Å²) in [5, 5.41) is 17.2. The first kappa shape index (κ1) is 12.4. The SMILES string of the molecule is OC(c1sccc1Cl)c1ccnn1-c1ccccc1. The average Bonchev–Trinajstić information content (AvgIpc) is 3.07. The van der Waals surface area contributed by atoms with E-state index in [0.29, 0.717) is 10.7 Å². The summed E-state index contributed by atoms with van der Waals surface area (Å²) in [5.41, 5.74) is 1.62. The molecule has 5 heteroatoms. The van der Waals surface area contributed by atoms with Crippen molar-refractivity contribution in [1.82, 2.24) is 9.78 Å². The molecule has 1 N–H and O–H groups in total. The second kappa shape index (κ2) is 5.17. The molecule has 1 aromatic carbocycles. The highest BCUT2D eigenvalue weighted by Gasteiger charge is 2.19. The first-order valence-electron chi connectivity index (χ1n) is 5.77. The Morgan fingerprint density at radius 3 is 2.63 bits per heavy atom. The van der Waals surface area contributed by atoms with Crippen molar-refractivity contribution in [3.8, 4) is 5.69 Å². The fraction of sp³-hybridized carbons (Fsp3) is 0.0714. The van der Waals surface area contributed by atoms with Gasteiger partial charge in [-0.1, -0.05) is 29.8 Å². The van der Waals surface area contributed by atoms with Gasteiger partial charge in [0.15, 0.2) is 0 Å². The predicted molar refractivity (Wildman–Crippen MR) is 77.0 cm³/mol. The molecule has 3 rings (SSSR count). The molecule has 3 aromatic rings. The Hall–Kier alpha value is -1.62. The summed E-state index contributed by atoms with van der Waals surface area (Å²) in [6.45, 7) is 0. The second-order valence-electron chi connectivity index (χ2n) is 4.04. The molecule has 96 valence electrons. The van der Waals surface area contributed by atoms with Crippen LogP contribution >= 0.6 is 22.9 Å². The highest BCUT2D eigenvalue weighted by Crippen LogP contribution is 2.33. The zero-order valence-corrected chi connectivity index (χ0v) is 11.5. The maximum atomic E-state index is 10.5. The largest absolute Gasteiger partial charge is 0.381 e. The number of nitrogens with zero attached hydrogens (tertiary/aromatic N) is 2. The molecule has 2 aromatic heterocycles. The molecule has 0 aliphatic rings. The Labute approximate surface area is 119 Å². The Balaban J connectivity index is 2.04. The summed E-state index contributed by atoms with van der Waals surface area (Å²) >= 11 is 7.51. The van der Waals surface area contributed by atoms with Crippen LogP contribution in [0.1, 0.15) is 16.7 Å². The molecule has 0 aliphatic carbocycles. The Morgan fingerprint density at radius 2 is 1.95 bits per heavy atom. The fourth-order valence-electron chi connectivity index (χ4n) is 1.94. The van der Waals surface area contributed by atoms with Crippen LogP contribution in [0.25, 0.3) is 5.69 Å². The Bertz CT molecular complexity index is 678. The second-order valence-corrected chi connectivity index (χ2v) is 5.39. The highest BCUT2D eigenvalue weighted by atomic mass is 35.5. The van der Waals surface area contributed by atoms with Crippen LogP contribution in [-0.2, 0) is 0 Å². The van der Waals surface area contributed by atoms with E-state index in [9.17, 15) is 5.11 Å². The van der Waals surface area contributed by atoms with Crippen LogP contribution in [0.2, 0.25) is 5.02 Å². The first-order valence-corrected chi connectivity index (χ1v) is 7.03. The van der Waals surface area contributed by atoms with Gasteiger partial charge in [-0.05, 0) is 29.6 Å². The molecule has 3 nitrogen and oxygen atoms in total. The number of halogens is 1. The molecule has 2 heterocycles. The van der Waals surface area contributed by atoms with E-state index in [2.05, 4.69) is 5.10 Å². The van der Waals surface area contributed by atoms with Crippen molar-refractivity contribution in [1.29, 1.82) is 0 Å². The summed E-state index contributed by atoms with van der Waals surface area (Å²) in [7, 11) is 0. The molecule has 1 atom stereocenters. The van der Waals surface area contributed by atoms with Crippen molar-refractivity contribution < 1.29 is 5.11 Å². The number of hydrogen-bond donors (Lipinski definition) is 1. The molecule has 0 saturated heterocycles. The van der Waals surface area contributed by atoms with E-state index < -0.39 is 6.10 Å². The topological polar surface area (TPSA) is 38.1 Å². The standard InChI is InChI=1S/C14H11ClN2OS/c15-11-7-9-19-14(11)13(18)12-6-8-16-17(12)10-4-2-1-3-5-10/h1-9,13,18H. The first-order chi connectivity index (χ1) is 9.27. The molecule has 19 heavy (non-hydrogen) atoms. The number of para-hydroxylation sites is 1. The number of aliphatic hydroxyl groups excluding tert-OH is 1. The Morgan fingerprint density at radius 1 is 1.16 bits per heavy atom. The van der Waals surface area contributed by atoms with Crippen LogP contribution in [0, 0.1) is 0 Å². The lowest BCUT2D eigenvalue weighted by Gasteiger charge is -2.12. The number of aromatic nitrogens is 2. The van der Waals surface area contributed by atoms with Gasteiger partial charge >= 0.3 is 0 Å². The van der Waals surface area contributed by atoms with Gasteiger partial charge in [0.1, 0.15) is 6.10 Å². The van der Waals surface area contributed by atoms with Crippen LogP contribution in [-0.4, -0.2) is 14.9 Å². The third-order valence-electron chi connectivity index (χ3n) is 2.85. The van der Waals surface area contributed by atoms with E-state index in [1.807, 2.05) is 35.7 Å². The summed E-state index contributed by atoms with van der Waals surface area (Å²) in [5.74, 6) is 0. The zero-order chi connectivity index (χ0) is 13.2. The van der Waals surface area contributed by atoms with Crippen molar-refractivity contribution in [3.63, 3.8) is 0 Å². The molecule has 0 amide bonds. The molecular formula is C14H11ClN2OS. The third kappa shape index (κ3) is 2.30. The van der Waals surface area contributed by atoms with Crippen LogP contribution < -0.4 is 0 Å². The van der Waals surface area contributed by atoms with E-state index in [1.165, 1.54) is 11.3 Å². The van der Waals surface area contributed by atoms with E-state index in [0.717, 1.165) is 10.6 Å². The van der Waals surface area contributed by atoms with Crippen molar-refractivity contribution in [3.05, 3.63) is 69.6 Å². The van der Waals surface area contributed by atoms with Gasteiger partial charge in [0.25, 0.3) is 0 Å². The summed E-state index contributed by atoms with van der Waals surface area (Å²) in [6, 6.07) is 13.3. The lowest BCUT2D eigenvalue weighted by atomic mass is 10.2. The lowest BCUT2D eigenvalue weighted by molar-refractivity contribution is 0.216. The predicted octanol–water partition coefficient (Wildman–Crippen LogP) is 3.67. The average molecular weight is 291 g/mol. The van der Waals surface area contributed by atoms with E-state index in [4.69, 9.17) is 11.6 Å². The Kier molecular flexibility index (Phi) is 3.38. The number of hydrogen-bond acceptors (Lipinski definition) is 3. The van der Waals surface area contributed by atoms with Crippen molar-refractivity contribution in [2.75, 3.05) is 0 Å². The number of rotatable bonds is 3. The van der Waals surface area contributed by atoms with E-state index >= 15 is 0 Å². The zero-order valence-electron chi connectivity index (χ0n) is 9.90. The molecule has 0 bridgehead atoms. The van der Waals surface area contributed by atoms with E-state index in [1.54, 1.807) is 23.0 Å². The van der Waals surface area contributed by atoms with Gasteiger partial charge in [-0.3, -0.25) is 0 Å². The van der Waals surface area contributed by atoms with E-state index in [-0.39, 0.29) is 0 Å². The quantitative estimate of drug-likeness (QED) is 0.799. The van der Waals surface area contributed by atoms with Gasteiger partial charge in [0.05, 0.1) is 21.3 Å². The summed E-state index contributed by atoms with van der Waals surface area (Å²) < 4.78 is 1.72. The van der Waals surface area contributed by atoms with Crippen LogP contribution in [0.4, 0.5) is 0 Å². The van der Waals surface area contributed by atoms with Crippen molar-refractivity contribution >= 4 is 22.9 Å². The maximum Gasteiger partial charge on any atom is 0.132 e. The molecule has 0 aliphatic heterocycles. The van der Waals surface area contributed by atoms with Gasteiger partial charge in [-0.2, -0.15) is 5.10 Å². The molecule has 1 unspecified atom stereocenters. The van der Waals surface area contributed by atoms with Gasteiger partial charge in [0, 0.05) is 6.20 Å². The van der Waals surface area contributed by atoms with Crippen LogP contribution in [0.3, 0.4) is 0 Å². The molecule has 0 spiro atoms. The van der Waals surface area contributed by atoms with Crippen molar-refractivity contribution in [2.45, 2.75) is 6.10 Å². The van der Waals surface area contributed by atoms with Gasteiger partial charge in [0.2, 0.25) is 0 Å². The van der Waals surface area contributed by atoms with Gasteiger partial charge in [-0.25, -0.2) is 4.68 Å². The summed E-state index contributed by atoms with van der Waals surface area (Å²) in [6.07, 6.45) is 0.905. The molecular weight excluding hydrogens is 280 g/mol.